The molecule has 0 aromatic carbocycles. The van der Waals surface area contributed by atoms with Crippen LogP contribution >= 0.6 is 0 Å². The van der Waals surface area contributed by atoms with Crippen molar-refractivity contribution in [3.8, 4) is 5.82 Å². The number of nitrogens with one attached hydrogen (secondary N) is 2. The van der Waals surface area contributed by atoms with Gasteiger partial charge < -0.3 is 10.2 Å². The summed E-state index contributed by atoms with van der Waals surface area (Å²) >= 11 is 0. The van der Waals surface area contributed by atoms with Crippen molar-refractivity contribution in [3.05, 3.63) is 82.8 Å². The van der Waals surface area contributed by atoms with Gasteiger partial charge in [0.15, 0.2) is 5.82 Å². The van der Waals surface area contributed by atoms with Gasteiger partial charge >= 0.3 is 0 Å². The van der Waals surface area contributed by atoms with Crippen molar-refractivity contribution < 1.29 is 0 Å². The fourth-order valence-corrected chi connectivity index (χ4v) is 4.01. The van der Waals surface area contributed by atoms with Gasteiger partial charge in [0.1, 0.15) is 5.82 Å². The van der Waals surface area contributed by atoms with Crippen LogP contribution in [0.3, 0.4) is 0 Å². The average molecular weight is 444 g/mol. The summed E-state index contributed by atoms with van der Waals surface area (Å²) in [7, 11) is 0. The van der Waals surface area contributed by atoms with E-state index in [1.165, 1.54) is 18.0 Å². The maximum atomic E-state index is 11.5. The largest absolute Gasteiger partial charge is 0.368 e. The number of rotatable bonds is 6. The summed E-state index contributed by atoms with van der Waals surface area (Å²) in [6.45, 7) is 6.68. The Morgan fingerprint density at radius 2 is 1.88 bits per heavy atom. The smallest absolute Gasteiger partial charge is 0.252 e. The number of aromatic nitrogens is 6. The SMILES string of the molecule is Cc1nc(-n2cccn2)ccc1N1CCN(Cc2ccnc(Nc3nccc(=O)[nH]3)c2)CC1. The molecule has 1 aliphatic rings. The molecule has 2 N–H and O–H groups in total. The summed E-state index contributed by atoms with van der Waals surface area (Å²) in [5, 5.41) is 7.31. The number of pyridine rings is 2. The molecule has 0 amide bonds. The maximum absolute atomic E-state index is 11.5. The quantitative estimate of drug-likeness (QED) is 0.467. The van der Waals surface area contributed by atoms with Crippen molar-refractivity contribution in [3.63, 3.8) is 0 Å². The molecule has 0 unspecified atom stereocenters. The van der Waals surface area contributed by atoms with Crippen molar-refractivity contribution >= 4 is 17.5 Å². The molecule has 1 aliphatic heterocycles. The highest BCUT2D eigenvalue weighted by Gasteiger charge is 2.19. The molecule has 5 rings (SSSR count). The summed E-state index contributed by atoms with van der Waals surface area (Å²) in [6.07, 6.45) is 6.89. The Bertz CT molecular complexity index is 1280. The van der Waals surface area contributed by atoms with E-state index >= 15 is 0 Å². The number of anilines is 3. The number of aromatic amines is 1. The molecule has 33 heavy (non-hydrogen) atoms. The van der Waals surface area contributed by atoms with Crippen LogP contribution in [0, 0.1) is 6.92 Å². The third-order valence-corrected chi connectivity index (χ3v) is 5.64. The summed E-state index contributed by atoms with van der Waals surface area (Å²) < 4.78 is 1.78. The van der Waals surface area contributed by atoms with Gasteiger partial charge in [-0.2, -0.15) is 5.10 Å². The van der Waals surface area contributed by atoms with E-state index in [0.29, 0.717) is 11.8 Å². The van der Waals surface area contributed by atoms with Crippen molar-refractivity contribution in [2.45, 2.75) is 13.5 Å². The van der Waals surface area contributed by atoms with E-state index in [-0.39, 0.29) is 5.56 Å². The fourth-order valence-electron chi connectivity index (χ4n) is 4.01. The Labute approximate surface area is 191 Å². The zero-order chi connectivity index (χ0) is 22.6. The lowest BCUT2D eigenvalue weighted by molar-refractivity contribution is 0.249. The van der Waals surface area contributed by atoms with E-state index in [2.05, 4.69) is 48.2 Å². The van der Waals surface area contributed by atoms with Gasteiger partial charge in [0, 0.05) is 63.6 Å². The highest BCUT2D eigenvalue weighted by atomic mass is 16.1. The zero-order valence-corrected chi connectivity index (χ0v) is 18.3. The Morgan fingerprint density at radius 3 is 2.64 bits per heavy atom. The number of hydrogen-bond acceptors (Lipinski definition) is 8. The molecule has 168 valence electrons. The topological polar surface area (TPSA) is 108 Å². The molecule has 0 bridgehead atoms. The Kier molecular flexibility index (Phi) is 5.81. The Balaban J connectivity index is 1.19. The molecule has 0 spiro atoms. The number of piperazine rings is 1. The highest BCUT2D eigenvalue weighted by Crippen LogP contribution is 2.22. The maximum Gasteiger partial charge on any atom is 0.252 e. The minimum Gasteiger partial charge on any atom is -0.368 e. The van der Waals surface area contributed by atoms with Crippen LogP contribution in [0.2, 0.25) is 0 Å². The summed E-state index contributed by atoms with van der Waals surface area (Å²) in [4.78, 5) is 32.1. The van der Waals surface area contributed by atoms with E-state index in [1.54, 1.807) is 17.1 Å². The Morgan fingerprint density at radius 1 is 1.03 bits per heavy atom. The first-order valence-corrected chi connectivity index (χ1v) is 10.9. The molecular weight excluding hydrogens is 418 g/mol. The van der Waals surface area contributed by atoms with Gasteiger partial charge in [-0.3, -0.25) is 14.7 Å². The first kappa shape index (κ1) is 20.8. The van der Waals surface area contributed by atoms with Crippen LogP contribution in [0.4, 0.5) is 17.5 Å². The fraction of sp³-hybridized carbons (Fsp3) is 0.261. The van der Waals surface area contributed by atoms with Gasteiger partial charge in [0.2, 0.25) is 5.95 Å². The van der Waals surface area contributed by atoms with Gasteiger partial charge in [-0.15, -0.1) is 0 Å². The van der Waals surface area contributed by atoms with E-state index in [0.717, 1.165) is 49.8 Å². The Hall–Kier alpha value is -4.05. The second-order valence-corrected chi connectivity index (χ2v) is 7.94. The molecular formula is C23H25N9O. The van der Waals surface area contributed by atoms with Gasteiger partial charge in [-0.05, 0) is 42.8 Å². The van der Waals surface area contributed by atoms with Gasteiger partial charge in [0.25, 0.3) is 5.56 Å². The summed E-state index contributed by atoms with van der Waals surface area (Å²) in [6, 6.07) is 11.4. The normalized spacial score (nSPS) is 14.4. The van der Waals surface area contributed by atoms with E-state index in [1.807, 2.05) is 30.5 Å². The number of H-pyrrole nitrogens is 1. The van der Waals surface area contributed by atoms with E-state index in [9.17, 15) is 4.79 Å². The lowest BCUT2D eigenvalue weighted by Gasteiger charge is -2.36. The molecule has 5 heterocycles. The van der Waals surface area contributed by atoms with Crippen molar-refractivity contribution in [1.82, 2.24) is 34.6 Å². The molecule has 0 aliphatic carbocycles. The molecule has 0 atom stereocenters. The third kappa shape index (κ3) is 4.90. The molecule has 0 radical (unpaired) electrons. The molecule has 10 heteroatoms. The monoisotopic (exact) mass is 443 g/mol. The second kappa shape index (κ2) is 9.21. The van der Waals surface area contributed by atoms with E-state index < -0.39 is 0 Å². The van der Waals surface area contributed by atoms with Gasteiger partial charge in [-0.1, -0.05) is 0 Å². The van der Waals surface area contributed by atoms with Crippen LogP contribution in [0.1, 0.15) is 11.3 Å². The summed E-state index contributed by atoms with van der Waals surface area (Å²) in [5.74, 6) is 1.86. The average Bonchev–Trinajstić information content (AvgIpc) is 3.35. The lowest BCUT2D eigenvalue weighted by Crippen LogP contribution is -2.46. The van der Waals surface area contributed by atoms with Crippen molar-refractivity contribution in [1.29, 1.82) is 0 Å². The molecule has 0 saturated carbocycles. The molecule has 4 aromatic heterocycles. The first-order valence-electron chi connectivity index (χ1n) is 10.9. The van der Waals surface area contributed by atoms with Crippen molar-refractivity contribution in [2.75, 3.05) is 36.4 Å². The predicted octanol–water partition coefficient (Wildman–Crippen LogP) is 2.12. The minimum absolute atomic E-state index is 0.206. The summed E-state index contributed by atoms with van der Waals surface area (Å²) in [5.41, 5.74) is 3.13. The van der Waals surface area contributed by atoms with Crippen LogP contribution < -0.4 is 15.8 Å². The van der Waals surface area contributed by atoms with Crippen LogP contribution in [0.25, 0.3) is 5.82 Å². The minimum atomic E-state index is -0.206. The molecule has 1 saturated heterocycles. The van der Waals surface area contributed by atoms with Crippen LogP contribution in [-0.2, 0) is 6.54 Å². The zero-order valence-electron chi connectivity index (χ0n) is 18.3. The number of aryl methyl sites for hydroxylation is 1. The molecule has 1 fully saturated rings. The number of hydrogen-bond donors (Lipinski definition) is 2. The van der Waals surface area contributed by atoms with Gasteiger partial charge in [-0.25, -0.2) is 19.6 Å². The number of nitrogens with zero attached hydrogens (tertiary/aromatic N) is 7. The van der Waals surface area contributed by atoms with Crippen LogP contribution in [-0.4, -0.2) is 60.8 Å². The predicted molar refractivity (Wildman–Crippen MR) is 126 cm³/mol. The first-order chi connectivity index (χ1) is 16.1. The van der Waals surface area contributed by atoms with Crippen molar-refractivity contribution in [2.24, 2.45) is 0 Å². The molecule has 4 aromatic rings. The van der Waals surface area contributed by atoms with Crippen LogP contribution in [0.5, 0.6) is 0 Å². The highest BCUT2D eigenvalue weighted by molar-refractivity contribution is 5.53. The second-order valence-electron chi connectivity index (χ2n) is 7.94. The lowest BCUT2D eigenvalue weighted by atomic mass is 10.2. The van der Waals surface area contributed by atoms with E-state index in [4.69, 9.17) is 4.98 Å². The van der Waals surface area contributed by atoms with Gasteiger partial charge in [0.05, 0.1) is 11.4 Å². The van der Waals surface area contributed by atoms with Crippen LogP contribution in [0.15, 0.2) is 66.0 Å². The third-order valence-electron chi connectivity index (χ3n) is 5.64. The standard InChI is InChI=1S/C23H25N9O/c1-17-19(3-4-21(27-17)32-10-2-7-26-32)31-13-11-30(12-14-31)16-18-5-8-24-20(15-18)28-23-25-9-6-22(33)29-23/h2-10,15H,11-14,16H2,1H3,(H2,24,25,28,29,33). The molecule has 10 nitrogen and oxygen atoms in total.